The molecule has 0 fully saturated rings. The average molecular weight is 267 g/mol. The van der Waals surface area contributed by atoms with Gasteiger partial charge in [0.2, 0.25) is 5.91 Å². The standard InChI is InChI=1S/C13H14FNO4/c1-8(10(16)6-7-14)12(17)15-9-4-2-3-5-11(9)19-13(15)18/h2-5,8,10,16H,6-7H2,1H3/t8-,10-/m1/s1. The minimum atomic E-state index is -1.13. The van der Waals surface area contributed by atoms with Crippen LogP contribution in [0.5, 0.6) is 0 Å². The maximum Gasteiger partial charge on any atom is 0.426 e. The van der Waals surface area contributed by atoms with E-state index < -0.39 is 30.4 Å². The van der Waals surface area contributed by atoms with Crippen LogP contribution in [0.1, 0.15) is 18.1 Å². The normalized spacial score (nSPS) is 14.5. The van der Waals surface area contributed by atoms with E-state index in [9.17, 15) is 19.1 Å². The summed E-state index contributed by atoms with van der Waals surface area (Å²) in [7, 11) is 0. The van der Waals surface area contributed by atoms with Crippen molar-refractivity contribution in [2.45, 2.75) is 19.4 Å². The molecule has 0 aliphatic rings. The van der Waals surface area contributed by atoms with Gasteiger partial charge in [0.25, 0.3) is 0 Å². The number of halogens is 1. The van der Waals surface area contributed by atoms with Crippen molar-refractivity contribution in [2.24, 2.45) is 5.92 Å². The molecule has 6 heteroatoms. The average Bonchev–Trinajstić information content (AvgIpc) is 2.73. The van der Waals surface area contributed by atoms with Crippen LogP contribution in [0.3, 0.4) is 0 Å². The third-order valence-corrected chi connectivity index (χ3v) is 3.08. The number of aliphatic hydroxyl groups is 1. The zero-order valence-electron chi connectivity index (χ0n) is 10.4. The predicted molar refractivity (Wildman–Crippen MR) is 66.9 cm³/mol. The number of para-hydroxylation sites is 2. The van der Waals surface area contributed by atoms with Gasteiger partial charge >= 0.3 is 5.76 Å². The number of oxazole rings is 1. The number of carbonyl (C=O) groups is 1. The van der Waals surface area contributed by atoms with E-state index in [-0.39, 0.29) is 6.42 Å². The van der Waals surface area contributed by atoms with Crippen molar-refractivity contribution in [2.75, 3.05) is 6.67 Å². The van der Waals surface area contributed by atoms with Crippen molar-refractivity contribution in [1.82, 2.24) is 4.57 Å². The molecule has 0 unspecified atom stereocenters. The Kier molecular flexibility index (Phi) is 3.80. The Morgan fingerprint density at radius 1 is 1.47 bits per heavy atom. The molecule has 2 rings (SSSR count). The van der Waals surface area contributed by atoms with E-state index in [0.717, 1.165) is 4.57 Å². The molecule has 1 N–H and O–H groups in total. The van der Waals surface area contributed by atoms with Crippen molar-refractivity contribution >= 4 is 17.0 Å². The van der Waals surface area contributed by atoms with Crippen LogP contribution >= 0.6 is 0 Å². The Bertz CT molecular complexity index is 645. The fraction of sp³-hybridized carbons (Fsp3) is 0.385. The summed E-state index contributed by atoms with van der Waals surface area (Å²) in [5.74, 6) is -2.28. The summed E-state index contributed by atoms with van der Waals surface area (Å²) in [6, 6.07) is 6.50. The molecule has 0 bridgehead atoms. The number of alkyl halides is 1. The lowest BCUT2D eigenvalue weighted by Gasteiger charge is -2.16. The molecule has 0 aliphatic carbocycles. The maximum absolute atomic E-state index is 12.2. The monoisotopic (exact) mass is 267 g/mol. The Labute approximate surface area is 108 Å². The fourth-order valence-electron chi connectivity index (χ4n) is 1.90. The van der Waals surface area contributed by atoms with E-state index in [1.54, 1.807) is 24.3 Å². The largest absolute Gasteiger partial charge is 0.426 e. The number of carbonyl (C=O) groups excluding carboxylic acids is 1. The van der Waals surface area contributed by atoms with E-state index in [1.807, 2.05) is 0 Å². The van der Waals surface area contributed by atoms with E-state index in [2.05, 4.69) is 0 Å². The second-order valence-electron chi connectivity index (χ2n) is 4.34. The van der Waals surface area contributed by atoms with Crippen molar-refractivity contribution < 1.29 is 18.7 Å². The van der Waals surface area contributed by atoms with E-state index in [4.69, 9.17) is 4.42 Å². The maximum atomic E-state index is 12.2. The highest BCUT2D eigenvalue weighted by molar-refractivity contribution is 5.90. The fourth-order valence-corrected chi connectivity index (χ4v) is 1.90. The van der Waals surface area contributed by atoms with Gasteiger partial charge in [-0.15, -0.1) is 0 Å². The van der Waals surface area contributed by atoms with Crippen LogP contribution < -0.4 is 5.76 Å². The highest BCUT2D eigenvalue weighted by atomic mass is 19.1. The van der Waals surface area contributed by atoms with Crippen LogP contribution in [0, 0.1) is 5.92 Å². The summed E-state index contributed by atoms with van der Waals surface area (Å²) < 4.78 is 18.0. The number of fused-ring (bicyclic) bond motifs is 1. The van der Waals surface area contributed by atoms with Crippen LogP contribution in [0.4, 0.5) is 4.39 Å². The zero-order chi connectivity index (χ0) is 14.0. The summed E-state index contributed by atoms with van der Waals surface area (Å²) >= 11 is 0. The molecule has 0 spiro atoms. The van der Waals surface area contributed by atoms with Crippen LogP contribution in [0.2, 0.25) is 0 Å². The van der Waals surface area contributed by atoms with Gasteiger partial charge in [-0.1, -0.05) is 19.1 Å². The predicted octanol–water partition coefficient (Wildman–Crippen LogP) is 1.59. The number of aromatic nitrogens is 1. The quantitative estimate of drug-likeness (QED) is 0.913. The lowest BCUT2D eigenvalue weighted by molar-refractivity contribution is 0.0588. The summed E-state index contributed by atoms with van der Waals surface area (Å²) in [5, 5.41) is 9.64. The molecule has 0 aliphatic heterocycles. The van der Waals surface area contributed by atoms with Crippen molar-refractivity contribution in [3.8, 4) is 0 Å². The highest BCUT2D eigenvalue weighted by Crippen LogP contribution is 2.16. The van der Waals surface area contributed by atoms with Gasteiger partial charge in [-0.05, 0) is 12.1 Å². The van der Waals surface area contributed by atoms with Gasteiger partial charge < -0.3 is 9.52 Å². The summed E-state index contributed by atoms with van der Waals surface area (Å²) in [5.41, 5.74) is 0.643. The minimum Gasteiger partial charge on any atom is -0.407 e. The van der Waals surface area contributed by atoms with Gasteiger partial charge in [0, 0.05) is 6.42 Å². The molecular formula is C13H14FNO4. The summed E-state index contributed by atoms with van der Waals surface area (Å²) in [6.45, 7) is 0.733. The number of hydrogen-bond acceptors (Lipinski definition) is 4. The first-order valence-electron chi connectivity index (χ1n) is 5.95. The summed E-state index contributed by atoms with van der Waals surface area (Å²) in [6.07, 6.45) is -1.27. The molecule has 1 heterocycles. The lowest BCUT2D eigenvalue weighted by Crippen LogP contribution is -2.34. The molecule has 2 atom stereocenters. The number of rotatable bonds is 4. The first kappa shape index (κ1) is 13.5. The van der Waals surface area contributed by atoms with Gasteiger partial charge in [-0.25, -0.2) is 9.36 Å². The second-order valence-corrected chi connectivity index (χ2v) is 4.34. The second kappa shape index (κ2) is 5.36. The Morgan fingerprint density at radius 3 is 2.84 bits per heavy atom. The molecule has 1 aromatic carbocycles. The number of hydrogen-bond donors (Lipinski definition) is 1. The van der Waals surface area contributed by atoms with E-state index >= 15 is 0 Å². The highest BCUT2D eigenvalue weighted by Gasteiger charge is 2.26. The Balaban J connectivity index is 2.41. The zero-order valence-corrected chi connectivity index (χ0v) is 10.4. The third kappa shape index (κ3) is 2.44. The third-order valence-electron chi connectivity index (χ3n) is 3.08. The summed E-state index contributed by atoms with van der Waals surface area (Å²) in [4.78, 5) is 23.9. The Hall–Kier alpha value is -1.95. The topological polar surface area (TPSA) is 72.4 Å². The first-order chi connectivity index (χ1) is 9.06. The van der Waals surface area contributed by atoms with Gasteiger partial charge in [0.05, 0.1) is 24.2 Å². The van der Waals surface area contributed by atoms with Crippen molar-refractivity contribution in [3.63, 3.8) is 0 Å². The molecule has 0 amide bonds. The van der Waals surface area contributed by atoms with E-state index in [0.29, 0.717) is 11.1 Å². The SMILES string of the molecule is C[C@@H](C(=O)n1c(=O)oc2ccccc21)[C@H](O)CCF. The van der Waals surface area contributed by atoms with E-state index in [1.165, 1.54) is 6.92 Å². The molecule has 0 saturated heterocycles. The number of benzene rings is 1. The number of nitrogens with zero attached hydrogens (tertiary/aromatic N) is 1. The molecule has 19 heavy (non-hydrogen) atoms. The van der Waals surface area contributed by atoms with Gasteiger partial charge in [0.1, 0.15) is 0 Å². The van der Waals surface area contributed by atoms with Crippen LogP contribution in [0.15, 0.2) is 33.5 Å². The van der Waals surface area contributed by atoms with Gasteiger partial charge in [-0.2, -0.15) is 0 Å². The van der Waals surface area contributed by atoms with Crippen molar-refractivity contribution in [1.29, 1.82) is 0 Å². The molecule has 0 saturated carbocycles. The van der Waals surface area contributed by atoms with Crippen LogP contribution in [-0.4, -0.2) is 28.4 Å². The van der Waals surface area contributed by atoms with Crippen LogP contribution in [-0.2, 0) is 0 Å². The lowest BCUT2D eigenvalue weighted by atomic mass is 10.0. The van der Waals surface area contributed by atoms with Crippen LogP contribution in [0.25, 0.3) is 11.1 Å². The van der Waals surface area contributed by atoms with Gasteiger partial charge in [0.15, 0.2) is 5.58 Å². The van der Waals surface area contributed by atoms with Gasteiger partial charge in [-0.3, -0.25) is 9.18 Å². The molecule has 1 aromatic heterocycles. The minimum absolute atomic E-state index is 0.141. The molecular weight excluding hydrogens is 253 g/mol. The molecule has 2 aromatic rings. The first-order valence-corrected chi connectivity index (χ1v) is 5.95. The van der Waals surface area contributed by atoms with Crippen molar-refractivity contribution in [3.05, 3.63) is 34.8 Å². The number of aliphatic hydroxyl groups excluding tert-OH is 1. The molecule has 0 radical (unpaired) electrons. The molecule has 5 nitrogen and oxygen atoms in total. The smallest absolute Gasteiger partial charge is 0.407 e. The molecule has 102 valence electrons. The Morgan fingerprint density at radius 2 is 2.16 bits per heavy atom.